The molecule has 1 aliphatic heterocycles. The van der Waals surface area contributed by atoms with E-state index in [0.29, 0.717) is 34.9 Å². The van der Waals surface area contributed by atoms with Gasteiger partial charge in [-0.25, -0.2) is 0 Å². The van der Waals surface area contributed by atoms with Crippen LogP contribution in [0.15, 0.2) is 22.7 Å². The summed E-state index contributed by atoms with van der Waals surface area (Å²) in [7, 11) is 2.06. The number of aromatic nitrogens is 2. The first-order valence-electron chi connectivity index (χ1n) is 7.51. The van der Waals surface area contributed by atoms with Crippen LogP contribution in [0.1, 0.15) is 23.7 Å². The average molecular weight is 332 g/mol. The summed E-state index contributed by atoms with van der Waals surface area (Å²) >= 11 is 6.09. The lowest BCUT2D eigenvalue weighted by atomic mass is 10.2. The molecular formula is C16H18ClN5O. The Morgan fingerprint density at radius 2 is 2.35 bits per heavy atom. The number of hydrogen-bond acceptors (Lipinski definition) is 6. The molecule has 7 heteroatoms. The molecule has 1 aromatic heterocycles. The summed E-state index contributed by atoms with van der Waals surface area (Å²) in [4.78, 5) is 8.68. The number of likely N-dealkylation sites (N-methyl/N-ethyl adjacent to an activating group) is 1. The monoisotopic (exact) mass is 331 g/mol. The molecule has 3 rings (SSSR count). The van der Waals surface area contributed by atoms with Crippen molar-refractivity contribution in [3.05, 3.63) is 40.5 Å². The van der Waals surface area contributed by atoms with Gasteiger partial charge in [0.2, 0.25) is 5.89 Å². The molecule has 23 heavy (non-hydrogen) atoms. The highest BCUT2D eigenvalue weighted by molar-refractivity contribution is 6.30. The Kier molecular flexibility index (Phi) is 4.51. The van der Waals surface area contributed by atoms with Gasteiger partial charge in [-0.3, -0.25) is 4.90 Å². The third-order valence-corrected chi connectivity index (χ3v) is 4.40. The summed E-state index contributed by atoms with van der Waals surface area (Å²) in [6.45, 7) is 4.19. The van der Waals surface area contributed by atoms with Gasteiger partial charge in [-0.05, 0) is 31.7 Å². The van der Waals surface area contributed by atoms with Crippen molar-refractivity contribution in [2.75, 3.05) is 25.0 Å². The van der Waals surface area contributed by atoms with Crippen molar-refractivity contribution in [1.82, 2.24) is 15.0 Å². The van der Waals surface area contributed by atoms with Crippen LogP contribution in [0.4, 0.5) is 5.69 Å². The molecular weight excluding hydrogens is 314 g/mol. The number of nitrogens with zero attached hydrogens (tertiary/aromatic N) is 5. The minimum atomic E-state index is 0.374. The second-order valence-electron chi connectivity index (χ2n) is 5.81. The number of anilines is 1. The van der Waals surface area contributed by atoms with Crippen molar-refractivity contribution >= 4 is 17.3 Å². The topological polar surface area (TPSA) is 69.2 Å². The zero-order valence-corrected chi connectivity index (χ0v) is 13.9. The Balaban J connectivity index is 1.69. The largest absolute Gasteiger partial charge is 0.369 e. The van der Waals surface area contributed by atoms with Gasteiger partial charge < -0.3 is 9.42 Å². The van der Waals surface area contributed by atoms with Crippen LogP contribution < -0.4 is 4.90 Å². The van der Waals surface area contributed by atoms with Gasteiger partial charge in [-0.15, -0.1) is 0 Å². The Bertz CT molecular complexity index is 738. The van der Waals surface area contributed by atoms with Gasteiger partial charge in [0, 0.05) is 31.1 Å². The molecule has 2 heterocycles. The van der Waals surface area contributed by atoms with Gasteiger partial charge in [-0.1, -0.05) is 16.8 Å². The first-order chi connectivity index (χ1) is 11.1. The predicted octanol–water partition coefficient (Wildman–Crippen LogP) is 2.61. The molecule has 0 radical (unpaired) electrons. The fraction of sp³-hybridized carbons (Fsp3) is 0.438. The van der Waals surface area contributed by atoms with E-state index in [2.05, 4.69) is 33.1 Å². The number of nitriles is 1. The maximum absolute atomic E-state index is 9.28. The Hall–Kier alpha value is -2.10. The maximum Gasteiger partial charge on any atom is 0.223 e. The normalized spacial score (nSPS) is 17.7. The first kappa shape index (κ1) is 15.8. The minimum Gasteiger partial charge on any atom is -0.369 e. The van der Waals surface area contributed by atoms with E-state index in [1.165, 1.54) is 0 Å². The zero-order valence-electron chi connectivity index (χ0n) is 13.2. The van der Waals surface area contributed by atoms with Gasteiger partial charge >= 0.3 is 0 Å². The van der Waals surface area contributed by atoms with Gasteiger partial charge in [0.05, 0.1) is 17.8 Å². The molecule has 120 valence electrons. The van der Waals surface area contributed by atoms with E-state index in [-0.39, 0.29) is 0 Å². The smallest absolute Gasteiger partial charge is 0.223 e. The second-order valence-corrected chi connectivity index (χ2v) is 6.24. The molecule has 0 bridgehead atoms. The lowest BCUT2D eigenvalue weighted by Gasteiger charge is -2.24. The maximum atomic E-state index is 9.28. The third kappa shape index (κ3) is 3.46. The van der Waals surface area contributed by atoms with Gasteiger partial charge in [-0.2, -0.15) is 10.2 Å². The van der Waals surface area contributed by atoms with E-state index in [1.807, 2.05) is 6.07 Å². The molecule has 0 amide bonds. The third-order valence-electron chi connectivity index (χ3n) is 4.17. The van der Waals surface area contributed by atoms with Crippen LogP contribution in [0.25, 0.3) is 0 Å². The number of rotatable bonds is 4. The number of benzene rings is 1. The van der Waals surface area contributed by atoms with E-state index < -0.39 is 0 Å². The molecule has 6 nitrogen and oxygen atoms in total. The van der Waals surface area contributed by atoms with Gasteiger partial charge in [0.1, 0.15) is 6.07 Å². The molecule has 1 fully saturated rings. The van der Waals surface area contributed by atoms with E-state index in [4.69, 9.17) is 16.1 Å². The molecule has 0 aliphatic carbocycles. The highest BCUT2D eigenvalue weighted by atomic mass is 35.5. The van der Waals surface area contributed by atoms with Crippen LogP contribution in [-0.4, -0.2) is 41.2 Å². The van der Waals surface area contributed by atoms with Crippen LogP contribution in [-0.2, 0) is 6.54 Å². The summed E-state index contributed by atoms with van der Waals surface area (Å²) < 4.78 is 5.01. The molecule has 0 saturated carbocycles. The number of halogens is 1. The average Bonchev–Trinajstić information content (AvgIpc) is 3.16. The highest BCUT2D eigenvalue weighted by Gasteiger charge is 2.28. The minimum absolute atomic E-state index is 0.374. The molecule has 2 aromatic rings. The van der Waals surface area contributed by atoms with Crippen molar-refractivity contribution in [2.45, 2.75) is 25.9 Å². The van der Waals surface area contributed by atoms with Crippen molar-refractivity contribution in [2.24, 2.45) is 0 Å². The van der Waals surface area contributed by atoms with Crippen molar-refractivity contribution in [3.63, 3.8) is 0 Å². The van der Waals surface area contributed by atoms with Crippen LogP contribution >= 0.6 is 11.6 Å². The Morgan fingerprint density at radius 3 is 3.04 bits per heavy atom. The lowest BCUT2D eigenvalue weighted by molar-refractivity contribution is 0.240. The first-order valence-corrected chi connectivity index (χ1v) is 7.88. The van der Waals surface area contributed by atoms with Crippen molar-refractivity contribution < 1.29 is 4.52 Å². The number of aryl methyl sites for hydroxylation is 1. The quantitative estimate of drug-likeness (QED) is 0.857. The molecule has 1 saturated heterocycles. The summed E-state index contributed by atoms with van der Waals surface area (Å²) in [5.74, 6) is 1.28. The Labute approximate surface area is 140 Å². The predicted molar refractivity (Wildman–Crippen MR) is 87.3 cm³/mol. The summed E-state index contributed by atoms with van der Waals surface area (Å²) in [5.41, 5.74) is 1.57. The summed E-state index contributed by atoms with van der Waals surface area (Å²) in [5, 5.41) is 13.9. The number of hydrogen-bond donors (Lipinski definition) is 0. The standard InChI is InChI=1S/C16H18ClN5O/c1-11-19-16(20-23-11)10-21(2)14-5-6-22(9-14)15-7-13(17)4-3-12(15)8-18/h3-4,7,14H,5-6,9-10H2,1-2H3. The summed E-state index contributed by atoms with van der Waals surface area (Å²) in [6.07, 6.45) is 1.02. The van der Waals surface area contributed by atoms with E-state index >= 15 is 0 Å². The van der Waals surface area contributed by atoms with Gasteiger partial charge in [0.25, 0.3) is 0 Å². The molecule has 1 atom stereocenters. The molecule has 1 aromatic carbocycles. The SMILES string of the molecule is Cc1nc(CN(C)C2CCN(c3cc(Cl)ccc3C#N)C2)no1. The Morgan fingerprint density at radius 1 is 1.52 bits per heavy atom. The van der Waals surface area contributed by atoms with E-state index in [1.54, 1.807) is 19.1 Å². The molecule has 1 unspecified atom stereocenters. The lowest BCUT2D eigenvalue weighted by Crippen LogP contribution is -2.34. The van der Waals surface area contributed by atoms with Crippen molar-refractivity contribution in [3.8, 4) is 6.07 Å². The van der Waals surface area contributed by atoms with Crippen LogP contribution in [0.3, 0.4) is 0 Å². The molecule has 1 aliphatic rings. The molecule has 0 N–H and O–H groups in total. The highest BCUT2D eigenvalue weighted by Crippen LogP contribution is 2.28. The zero-order chi connectivity index (χ0) is 16.4. The fourth-order valence-electron chi connectivity index (χ4n) is 2.94. The van der Waals surface area contributed by atoms with Gasteiger partial charge in [0.15, 0.2) is 5.82 Å². The van der Waals surface area contributed by atoms with Crippen LogP contribution in [0.5, 0.6) is 0 Å². The molecule has 0 spiro atoms. The van der Waals surface area contributed by atoms with E-state index in [0.717, 1.165) is 25.2 Å². The second kappa shape index (κ2) is 6.57. The van der Waals surface area contributed by atoms with Crippen LogP contribution in [0, 0.1) is 18.3 Å². The summed E-state index contributed by atoms with van der Waals surface area (Å²) in [6, 6.07) is 8.01. The fourth-order valence-corrected chi connectivity index (χ4v) is 3.11. The van der Waals surface area contributed by atoms with Crippen LogP contribution in [0.2, 0.25) is 5.02 Å². The van der Waals surface area contributed by atoms with E-state index in [9.17, 15) is 5.26 Å². The van der Waals surface area contributed by atoms with Crippen molar-refractivity contribution in [1.29, 1.82) is 5.26 Å².